The predicted molar refractivity (Wildman–Crippen MR) is 106 cm³/mol. The molecule has 0 amide bonds. The van der Waals surface area contributed by atoms with E-state index >= 15 is 0 Å². The summed E-state index contributed by atoms with van der Waals surface area (Å²) in [7, 11) is 0. The van der Waals surface area contributed by atoms with Gasteiger partial charge in [-0.2, -0.15) is 0 Å². The Morgan fingerprint density at radius 1 is 1.04 bits per heavy atom. The number of nitrogens with zero attached hydrogens (tertiary/aromatic N) is 6. The highest BCUT2D eigenvalue weighted by atomic mass is 32.1. The third-order valence-corrected chi connectivity index (χ3v) is 6.18. The monoisotopic (exact) mass is 376 g/mol. The fraction of sp³-hybridized carbons (Fsp3) is 0.300. The fourth-order valence-corrected chi connectivity index (χ4v) is 4.73. The number of rotatable bonds is 4. The smallest absolute Gasteiger partial charge is 0.204 e. The maximum Gasteiger partial charge on any atom is 0.204 e. The molecule has 3 heterocycles. The van der Waals surface area contributed by atoms with E-state index in [1.54, 1.807) is 4.80 Å². The van der Waals surface area contributed by atoms with E-state index in [9.17, 15) is 0 Å². The zero-order valence-electron chi connectivity index (χ0n) is 14.9. The first-order valence-electron chi connectivity index (χ1n) is 9.26. The van der Waals surface area contributed by atoms with Crippen LogP contribution in [-0.2, 0) is 6.67 Å². The third-order valence-electron chi connectivity index (χ3n) is 4.98. The molecule has 1 atom stereocenters. The molecule has 1 fully saturated rings. The molecular formula is C20H20N6S. The van der Waals surface area contributed by atoms with Crippen LogP contribution >= 0.6 is 11.3 Å². The van der Waals surface area contributed by atoms with Gasteiger partial charge in [0.05, 0.1) is 15.2 Å². The highest BCUT2D eigenvalue weighted by molar-refractivity contribution is 7.18. The minimum absolute atomic E-state index is 0.480. The van der Waals surface area contributed by atoms with Gasteiger partial charge in [-0.15, -0.1) is 26.3 Å². The maximum atomic E-state index is 4.86. The summed E-state index contributed by atoms with van der Waals surface area (Å²) in [4.78, 5) is 8.96. The van der Waals surface area contributed by atoms with Crippen molar-refractivity contribution >= 4 is 21.6 Å². The van der Waals surface area contributed by atoms with Crippen LogP contribution in [0.15, 0.2) is 54.6 Å². The number of benzene rings is 2. The van der Waals surface area contributed by atoms with Gasteiger partial charge in [0.1, 0.15) is 6.67 Å². The van der Waals surface area contributed by atoms with Crippen molar-refractivity contribution in [3.63, 3.8) is 0 Å². The molecule has 0 N–H and O–H groups in total. The Morgan fingerprint density at radius 3 is 2.78 bits per heavy atom. The molecule has 1 aliphatic rings. The van der Waals surface area contributed by atoms with Crippen molar-refractivity contribution in [3.8, 4) is 11.4 Å². The Labute approximate surface area is 161 Å². The summed E-state index contributed by atoms with van der Waals surface area (Å²) in [5.41, 5.74) is 2.11. The van der Waals surface area contributed by atoms with Gasteiger partial charge in [-0.05, 0) is 36.7 Å². The van der Waals surface area contributed by atoms with Gasteiger partial charge in [0, 0.05) is 18.0 Å². The Kier molecular flexibility index (Phi) is 4.39. The highest BCUT2D eigenvalue weighted by Crippen LogP contribution is 2.33. The number of thiazole rings is 1. The Morgan fingerprint density at radius 2 is 1.89 bits per heavy atom. The standard InChI is InChI=1S/C20H20N6S/c1-2-7-15(8-3-1)19-22-24-26(23-19)14-25-12-6-9-16(13-25)20-21-17-10-4-5-11-18(17)27-20/h1-5,7-8,10-11,16H,6,9,12-14H2. The van der Waals surface area contributed by atoms with E-state index in [2.05, 4.69) is 44.6 Å². The number of fused-ring (bicyclic) bond motifs is 1. The first-order chi connectivity index (χ1) is 13.3. The molecule has 2 aromatic heterocycles. The lowest BCUT2D eigenvalue weighted by Gasteiger charge is -2.30. The van der Waals surface area contributed by atoms with Gasteiger partial charge >= 0.3 is 0 Å². The van der Waals surface area contributed by atoms with Crippen LogP contribution in [0.25, 0.3) is 21.6 Å². The van der Waals surface area contributed by atoms with Crippen molar-refractivity contribution in [3.05, 3.63) is 59.6 Å². The van der Waals surface area contributed by atoms with Crippen molar-refractivity contribution in [1.29, 1.82) is 0 Å². The molecular weight excluding hydrogens is 356 g/mol. The summed E-state index contributed by atoms with van der Waals surface area (Å²) < 4.78 is 1.27. The molecule has 0 saturated carbocycles. The summed E-state index contributed by atoms with van der Waals surface area (Å²) in [6, 6.07) is 18.4. The summed E-state index contributed by atoms with van der Waals surface area (Å²) in [5, 5.41) is 14.2. The van der Waals surface area contributed by atoms with E-state index in [-0.39, 0.29) is 0 Å². The number of para-hydroxylation sites is 1. The van der Waals surface area contributed by atoms with E-state index in [0.717, 1.165) is 24.2 Å². The number of tetrazole rings is 1. The number of aromatic nitrogens is 5. The van der Waals surface area contributed by atoms with E-state index < -0.39 is 0 Å². The molecule has 0 spiro atoms. The van der Waals surface area contributed by atoms with Crippen LogP contribution in [0.1, 0.15) is 23.8 Å². The number of hydrogen-bond donors (Lipinski definition) is 0. The predicted octanol–water partition coefficient (Wildman–Crippen LogP) is 3.79. The largest absolute Gasteiger partial charge is 0.282 e. The second-order valence-electron chi connectivity index (χ2n) is 6.93. The van der Waals surface area contributed by atoms with Crippen LogP contribution in [0.3, 0.4) is 0 Å². The molecule has 0 aliphatic carbocycles. The molecule has 0 bridgehead atoms. The van der Waals surface area contributed by atoms with Crippen LogP contribution in [0, 0.1) is 0 Å². The van der Waals surface area contributed by atoms with Gasteiger partial charge in [0.25, 0.3) is 0 Å². The minimum atomic E-state index is 0.480. The molecule has 27 heavy (non-hydrogen) atoms. The van der Waals surface area contributed by atoms with E-state index in [1.807, 2.05) is 41.7 Å². The summed E-state index contributed by atoms with van der Waals surface area (Å²) in [6.07, 6.45) is 2.36. The van der Waals surface area contributed by atoms with Crippen LogP contribution in [-0.4, -0.2) is 43.2 Å². The van der Waals surface area contributed by atoms with Crippen molar-refractivity contribution < 1.29 is 0 Å². The quantitative estimate of drug-likeness (QED) is 0.542. The molecule has 136 valence electrons. The normalized spacial score (nSPS) is 18.1. The van der Waals surface area contributed by atoms with Gasteiger partial charge in [-0.1, -0.05) is 42.5 Å². The van der Waals surface area contributed by atoms with Crippen LogP contribution < -0.4 is 0 Å². The molecule has 7 heteroatoms. The average molecular weight is 376 g/mol. The lowest BCUT2D eigenvalue weighted by molar-refractivity contribution is 0.147. The van der Waals surface area contributed by atoms with Crippen molar-refractivity contribution in [2.45, 2.75) is 25.4 Å². The zero-order valence-corrected chi connectivity index (χ0v) is 15.7. The average Bonchev–Trinajstić information content (AvgIpc) is 3.36. The number of hydrogen-bond acceptors (Lipinski definition) is 6. The van der Waals surface area contributed by atoms with E-state index in [1.165, 1.54) is 22.5 Å². The van der Waals surface area contributed by atoms with E-state index in [0.29, 0.717) is 18.4 Å². The first kappa shape index (κ1) is 16.5. The lowest BCUT2D eigenvalue weighted by atomic mass is 9.99. The third kappa shape index (κ3) is 3.48. The molecule has 5 rings (SSSR count). The zero-order chi connectivity index (χ0) is 18.1. The van der Waals surface area contributed by atoms with Gasteiger partial charge in [-0.25, -0.2) is 4.98 Å². The van der Waals surface area contributed by atoms with Crippen molar-refractivity contribution in [1.82, 2.24) is 30.1 Å². The fourth-order valence-electron chi connectivity index (χ4n) is 3.64. The molecule has 6 nitrogen and oxygen atoms in total. The van der Waals surface area contributed by atoms with Gasteiger partial charge in [-0.3, -0.25) is 4.90 Å². The minimum Gasteiger partial charge on any atom is -0.282 e. The Hall–Kier alpha value is -2.64. The summed E-state index contributed by atoms with van der Waals surface area (Å²) in [5.74, 6) is 1.16. The second kappa shape index (κ2) is 7.17. The molecule has 1 saturated heterocycles. The van der Waals surface area contributed by atoms with Crippen LogP contribution in [0.5, 0.6) is 0 Å². The molecule has 4 aromatic rings. The summed E-state index contributed by atoms with van der Waals surface area (Å²) >= 11 is 1.83. The van der Waals surface area contributed by atoms with E-state index in [4.69, 9.17) is 4.98 Å². The topological polar surface area (TPSA) is 59.7 Å². The molecule has 1 aliphatic heterocycles. The van der Waals surface area contributed by atoms with Crippen LogP contribution in [0.4, 0.5) is 0 Å². The SMILES string of the molecule is c1ccc(-c2nnn(CN3CCCC(c4nc5ccccc5s4)C3)n2)cc1. The van der Waals surface area contributed by atoms with Gasteiger partial charge < -0.3 is 0 Å². The Balaban J connectivity index is 1.29. The van der Waals surface area contributed by atoms with Gasteiger partial charge in [0.2, 0.25) is 5.82 Å². The molecule has 2 aromatic carbocycles. The maximum absolute atomic E-state index is 4.86. The van der Waals surface area contributed by atoms with Crippen molar-refractivity contribution in [2.24, 2.45) is 0 Å². The molecule has 0 radical (unpaired) electrons. The number of piperidine rings is 1. The molecule has 1 unspecified atom stereocenters. The highest BCUT2D eigenvalue weighted by Gasteiger charge is 2.24. The Bertz CT molecular complexity index is 1010. The number of likely N-dealkylation sites (tertiary alicyclic amines) is 1. The second-order valence-corrected chi connectivity index (χ2v) is 7.99. The lowest BCUT2D eigenvalue weighted by Crippen LogP contribution is -2.36. The first-order valence-corrected chi connectivity index (χ1v) is 10.1. The van der Waals surface area contributed by atoms with Crippen LogP contribution in [0.2, 0.25) is 0 Å². The van der Waals surface area contributed by atoms with Gasteiger partial charge in [0.15, 0.2) is 0 Å². The van der Waals surface area contributed by atoms with Crippen molar-refractivity contribution in [2.75, 3.05) is 13.1 Å². The summed E-state index contributed by atoms with van der Waals surface area (Å²) in [6.45, 7) is 2.72.